The summed E-state index contributed by atoms with van der Waals surface area (Å²) >= 11 is 0. The summed E-state index contributed by atoms with van der Waals surface area (Å²) in [6.07, 6.45) is 1.07. The fourth-order valence-corrected chi connectivity index (χ4v) is 2.17. The topological polar surface area (TPSA) is 76.2 Å². The van der Waals surface area contributed by atoms with Crippen LogP contribution in [0.25, 0.3) is 0 Å². The average Bonchev–Trinajstić information content (AvgIpc) is 2.84. The highest BCUT2D eigenvalue weighted by molar-refractivity contribution is 7.88. The van der Waals surface area contributed by atoms with Gasteiger partial charge in [0.15, 0.2) is 11.5 Å². The van der Waals surface area contributed by atoms with Crippen molar-refractivity contribution in [3.63, 3.8) is 0 Å². The lowest BCUT2D eigenvalue weighted by atomic mass is 10.2. The minimum Gasteiger partial charge on any atom is -0.454 e. The van der Waals surface area contributed by atoms with Crippen LogP contribution in [-0.2, 0) is 21.4 Å². The molecule has 7 nitrogen and oxygen atoms in total. The molecule has 0 saturated heterocycles. The molecule has 21 heavy (non-hydrogen) atoms. The second-order valence-corrected chi connectivity index (χ2v) is 7.05. The Bertz CT molecular complexity index is 644. The molecule has 0 N–H and O–H groups in total. The van der Waals surface area contributed by atoms with Gasteiger partial charge in [-0.15, -0.1) is 0 Å². The van der Waals surface area contributed by atoms with Gasteiger partial charge < -0.3 is 14.4 Å². The maximum absolute atomic E-state index is 12.0. The third-order valence-corrected chi connectivity index (χ3v) is 4.47. The van der Waals surface area contributed by atoms with E-state index < -0.39 is 10.0 Å². The molecule has 1 heterocycles. The molecule has 8 heteroatoms. The lowest BCUT2D eigenvalue weighted by Gasteiger charge is -2.20. The number of carbonyl (C=O) groups excluding carboxylic acids is 1. The second-order valence-electron chi connectivity index (χ2n) is 4.96. The molecule has 1 aromatic rings. The van der Waals surface area contributed by atoms with Gasteiger partial charge in [0, 0.05) is 20.6 Å². The maximum atomic E-state index is 12.0. The van der Waals surface area contributed by atoms with Crippen LogP contribution in [0, 0.1) is 0 Å². The molecule has 0 unspecified atom stereocenters. The van der Waals surface area contributed by atoms with Gasteiger partial charge in [-0.3, -0.25) is 4.79 Å². The number of likely N-dealkylation sites (N-methyl/N-ethyl adjacent to an activating group) is 2. The van der Waals surface area contributed by atoms with E-state index in [0.717, 1.165) is 16.1 Å². The minimum atomic E-state index is -3.36. The maximum Gasteiger partial charge on any atom is 0.237 e. The van der Waals surface area contributed by atoms with Crippen molar-refractivity contribution >= 4 is 15.9 Å². The van der Waals surface area contributed by atoms with E-state index in [1.165, 1.54) is 11.9 Å². The summed E-state index contributed by atoms with van der Waals surface area (Å²) in [7, 11) is -0.358. The first-order chi connectivity index (χ1) is 9.77. The first-order valence-electron chi connectivity index (χ1n) is 6.31. The standard InChI is InChI=1S/C13H18N2O5S/c1-14(13(16)8-15(2)21(3,17)18)7-10-4-5-11-12(6-10)20-9-19-11/h4-6H,7-9H2,1-3H3. The normalized spacial score (nSPS) is 13.5. The van der Waals surface area contributed by atoms with Crippen LogP contribution in [0.15, 0.2) is 18.2 Å². The Morgan fingerprint density at radius 2 is 1.90 bits per heavy atom. The molecule has 0 aliphatic carbocycles. The van der Waals surface area contributed by atoms with Crippen molar-refractivity contribution in [1.82, 2.24) is 9.21 Å². The van der Waals surface area contributed by atoms with Crippen LogP contribution in [0.3, 0.4) is 0 Å². The molecule has 116 valence electrons. The van der Waals surface area contributed by atoms with Gasteiger partial charge in [-0.05, 0) is 17.7 Å². The number of fused-ring (bicyclic) bond motifs is 1. The van der Waals surface area contributed by atoms with E-state index in [2.05, 4.69) is 0 Å². The Morgan fingerprint density at radius 1 is 1.24 bits per heavy atom. The molecule has 0 atom stereocenters. The number of amides is 1. The van der Waals surface area contributed by atoms with E-state index in [9.17, 15) is 13.2 Å². The molecule has 0 fully saturated rings. The van der Waals surface area contributed by atoms with E-state index >= 15 is 0 Å². The Balaban J connectivity index is 1.98. The smallest absolute Gasteiger partial charge is 0.237 e. The summed E-state index contributed by atoms with van der Waals surface area (Å²) in [6.45, 7) is 0.389. The molecular weight excluding hydrogens is 296 g/mol. The number of carbonyl (C=O) groups is 1. The lowest BCUT2D eigenvalue weighted by Crippen LogP contribution is -2.38. The summed E-state index contributed by atoms with van der Waals surface area (Å²) < 4.78 is 34.1. The van der Waals surface area contributed by atoms with Crippen LogP contribution in [0.4, 0.5) is 0 Å². The van der Waals surface area contributed by atoms with Crippen molar-refractivity contribution in [2.75, 3.05) is 33.7 Å². The van der Waals surface area contributed by atoms with Crippen LogP contribution in [-0.4, -0.2) is 57.2 Å². The number of sulfonamides is 1. The fourth-order valence-electron chi connectivity index (χ4n) is 1.83. The van der Waals surface area contributed by atoms with Crippen LogP contribution >= 0.6 is 0 Å². The molecule has 2 rings (SSSR count). The summed E-state index contributed by atoms with van der Waals surface area (Å²) in [5, 5.41) is 0. The first kappa shape index (κ1) is 15.6. The number of nitrogens with zero attached hydrogens (tertiary/aromatic N) is 2. The van der Waals surface area contributed by atoms with Gasteiger partial charge >= 0.3 is 0 Å². The predicted octanol–water partition coefficient (Wildman–Crippen LogP) is 0.265. The Kier molecular flexibility index (Phi) is 4.38. The summed E-state index contributed by atoms with van der Waals surface area (Å²) in [5.41, 5.74) is 0.886. The molecule has 0 spiro atoms. The fraction of sp³-hybridized carbons (Fsp3) is 0.462. The quantitative estimate of drug-likeness (QED) is 0.779. The highest BCUT2D eigenvalue weighted by Crippen LogP contribution is 2.32. The molecule has 1 aliphatic heterocycles. The molecule has 1 aliphatic rings. The van der Waals surface area contributed by atoms with E-state index in [4.69, 9.17) is 9.47 Å². The number of benzene rings is 1. The van der Waals surface area contributed by atoms with Crippen molar-refractivity contribution in [1.29, 1.82) is 0 Å². The highest BCUT2D eigenvalue weighted by Gasteiger charge is 2.19. The number of hydrogen-bond acceptors (Lipinski definition) is 5. The van der Waals surface area contributed by atoms with E-state index in [1.807, 2.05) is 12.1 Å². The monoisotopic (exact) mass is 314 g/mol. The van der Waals surface area contributed by atoms with E-state index in [-0.39, 0.29) is 19.2 Å². The second kappa shape index (κ2) is 5.90. The van der Waals surface area contributed by atoms with Gasteiger partial charge in [0.1, 0.15) is 0 Å². The van der Waals surface area contributed by atoms with Crippen molar-refractivity contribution < 1.29 is 22.7 Å². The average molecular weight is 314 g/mol. The van der Waals surface area contributed by atoms with Crippen LogP contribution in [0.2, 0.25) is 0 Å². The van der Waals surface area contributed by atoms with Gasteiger partial charge in [0.05, 0.1) is 12.8 Å². The van der Waals surface area contributed by atoms with Gasteiger partial charge in [-0.25, -0.2) is 8.42 Å². The highest BCUT2D eigenvalue weighted by atomic mass is 32.2. The van der Waals surface area contributed by atoms with Crippen LogP contribution in [0.5, 0.6) is 11.5 Å². The van der Waals surface area contributed by atoms with Crippen molar-refractivity contribution in [3.8, 4) is 11.5 Å². The molecule has 1 amide bonds. The Labute approximate surface area is 124 Å². The van der Waals surface area contributed by atoms with E-state index in [1.54, 1.807) is 13.1 Å². The summed E-state index contributed by atoms with van der Waals surface area (Å²) in [6, 6.07) is 5.45. The zero-order chi connectivity index (χ0) is 15.6. The molecule has 0 radical (unpaired) electrons. The zero-order valence-electron chi connectivity index (χ0n) is 12.2. The first-order valence-corrected chi connectivity index (χ1v) is 8.16. The van der Waals surface area contributed by atoms with Crippen molar-refractivity contribution in [2.24, 2.45) is 0 Å². The van der Waals surface area contributed by atoms with Gasteiger partial charge in [-0.2, -0.15) is 4.31 Å². The SMILES string of the molecule is CN(Cc1ccc2c(c1)OCO2)C(=O)CN(C)S(C)(=O)=O. The molecular formula is C13H18N2O5S. The largest absolute Gasteiger partial charge is 0.454 e. The number of ether oxygens (including phenoxy) is 2. The Hall–Kier alpha value is -1.80. The molecule has 0 saturated carbocycles. The third-order valence-electron chi connectivity index (χ3n) is 3.21. The van der Waals surface area contributed by atoms with Crippen LogP contribution < -0.4 is 9.47 Å². The van der Waals surface area contributed by atoms with Crippen molar-refractivity contribution in [2.45, 2.75) is 6.54 Å². The molecule has 0 aromatic heterocycles. The van der Waals surface area contributed by atoms with Gasteiger partial charge in [0.2, 0.25) is 22.7 Å². The van der Waals surface area contributed by atoms with Crippen molar-refractivity contribution in [3.05, 3.63) is 23.8 Å². The zero-order valence-corrected chi connectivity index (χ0v) is 13.0. The van der Waals surface area contributed by atoms with Gasteiger partial charge in [0.25, 0.3) is 0 Å². The molecule has 1 aromatic carbocycles. The van der Waals surface area contributed by atoms with Crippen LogP contribution in [0.1, 0.15) is 5.56 Å². The number of rotatable bonds is 5. The Morgan fingerprint density at radius 3 is 2.57 bits per heavy atom. The summed E-state index contributed by atoms with van der Waals surface area (Å²) in [5.74, 6) is 1.06. The number of hydrogen-bond donors (Lipinski definition) is 0. The summed E-state index contributed by atoms with van der Waals surface area (Å²) in [4.78, 5) is 13.5. The lowest BCUT2D eigenvalue weighted by molar-refractivity contribution is -0.130. The molecule has 0 bridgehead atoms. The minimum absolute atomic E-state index is 0.181. The van der Waals surface area contributed by atoms with E-state index in [0.29, 0.717) is 18.0 Å². The van der Waals surface area contributed by atoms with Gasteiger partial charge in [-0.1, -0.05) is 6.07 Å². The third kappa shape index (κ3) is 3.85. The predicted molar refractivity (Wildman–Crippen MR) is 76.5 cm³/mol.